The topological polar surface area (TPSA) is 89.3 Å². The fraction of sp³-hybridized carbons (Fsp3) is 0.500. The van der Waals surface area contributed by atoms with Gasteiger partial charge in [0.1, 0.15) is 9.84 Å². The Morgan fingerprint density at radius 3 is 2.57 bits per heavy atom. The number of hydrogen-bond donors (Lipinski definition) is 2. The molecule has 0 aliphatic heterocycles. The minimum absolute atomic E-state index is 0.0382. The lowest BCUT2D eigenvalue weighted by molar-refractivity contribution is -0.116. The van der Waals surface area contributed by atoms with E-state index in [9.17, 15) is 13.2 Å². The maximum absolute atomic E-state index is 11.8. The highest BCUT2D eigenvalue weighted by atomic mass is 35.5. The monoisotopic (exact) mass is 332 g/mol. The first-order valence-electron chi connectivity index (χ1n) is 6.89. The molecule has 0 fully saturated rings. The highest BCUT2D eigenvalue weighted by Crippen LogP contribution is 2.22. The van der Waals surface area contributed by atoms with Crippen LogP contribution in [0, 0.1) is 0 Å². The fourth-order valence-electron chi connectivity index (χ4n) is 1.78. The van der Waals surface area contributed by atoms with E-state index in [1.165, 1.54) is 0 Å². The summed E-state index contributed by atoms with van der Waals surface area (Å²) in [6.07, 6.45) is 1.96. The molecule has 0 bridgehead atoms. The Bertz CT molecular complexity index is 588. The third-order valence-corrected chi connectivity index (χ3v) is 5.01. The fourth-order valence-corrected chi connectivity index (χ4v) is 3.48. The molecule has 0 radical (unpaired) electrons. The Kier molecular flexibility index (Phi) is 6.98. The summed E-state index contributed by atoms with van der Waals surface area (Å²) in [7, 11) is -3.05. The lowest BCUT2D eigenvalue weighted by atomic mass is 10.2. The first-order chi connectivity index (χ1) is 9.84. The number of unbranched alkanes of at least 4 members (excludes halogenated alkanes) is 1. The Labute approximate surface area is 130 Å². The molecule has 0 heterocycles. The summed E-state index contributed by atoms with van der Waals surface area (Å²) in [6.45, 7) is 1.94. The van der Waals surface area contributed by atoms with E-state index in [1.807, 2.05) is 6.92 Å². The first-order valence-corrected chi connectivity index (χ1v) is 9.09. The Balaban J connectivity index is 2.41. The zero-order valence-corrected chi connectivity index (χ0v) is 13.6. The predicted molar refractivity (Wildman–Crippen MR) is 87.3 cm³/mol. The van der Waals surface area contributed by atoms with E-state index in [2.05, 4.69) is 5.32 Å². The summed E-state index contributed by atoms with van der Waals surface area (Å²) in [5, 5.41) is 3.14. The van der Waals surface area contributed by atoms with Gasteiger partial charge in [-0.3, -0.25) is 4.79 Å². The molecule has 0 aliphatic rings. The van der Waals surface area contributed by atoms with Gasteiger partial charge in [0.15, 0.2) is 0 Å². The van der Waals surface area contributed by atoms with Gasteiger partial charge in [0, 0.05) is 11.4 Å². The van der Waals surface area contributed by atoms with Crippen molar-refractivity contribution in [2.24, 2.45) is 0 Å². The maximum Gasteiger partial charge on any atom is 0.224 e. The van der Waals surface area contributed by atoms with Gasteiger partial charge in [-0.25, -0.2) is 8.42 Å². The number of carbonyl (C=O) groups excluding carboxylic acids is 1. The van der Waals surface area contributed by atoms with Crippen LogP contribution in [0.3, 0.4) is 0 Å². The molecular formula is C14H21ClN2O3S. The number of nitrogens with one attached hydrogen (secondary N) is 1. The number of carbonyl (C=O) groups is 1. The van der Waals surface area contributed by atoms with Crippen molar-refractivity contribution in [3.05, 3.63) is 23.2 Å². The van der Waals surface area contributed by atoms with E-state index in [0.29, 0.717) is 29.2 Å². The number of nitrogens with two attached hydrogens (primary N) is 1. The number of anilines is 2. The molecule has 0 aromatic heterocycles. The Morgan fingerprint density at radius 2 is 1.95 bits per heavy atom. The molecule has 1 rings (SSSR count). The zero-order chi connectivity index (χ0) is 15.9. The number of nitrogen functional groups attached to an aromatic ring is 1. The lowest BCUT2D eigenvalue weighted by Gasteiger charge is -2.08. The quantitative estimate of drug-likeness (QED) is 0.716. The van der Waals surface area contributed by atoms with Gasteiger partial charge in [-0.15, -0.1) is 0 Å². The normalized spacial score (nSPS) is 11.3. The van der Waals surface area contributed by atoms with Gasteiger partial charge < -0.3 is 11.1 Å². The van der Waals surface area contributed by atoms with E-state index < -0.39 is 9.84 Å². The van der Waals surface area contributed by atoms with Crippen molar-refractivity contribution in [2.75, 3.05) is 22.6 Å². The largest absolute Gasteiger partial charge is 0.397 e. The van der Waals surface area contributed by atoms with Crippen molar-refractivity contribution in [3.8, 4) is 0 Å². The van der Waals surface area contributed by atoms with Gasteiger partial charge in [-0.2, -0.15) is 0 Å². The standard InChI is InChI=1S/C14H21ClN2O3S/c1-2-3-8-21(19,20)9-4-5-14(18)17-13-7-6-11(15)10-12(13)16/h6-7,10H,2-5,8-9,16H2,1H3,(H,17,18). The van der Waals surface area contributed by atoms with E-state index >= 15 is 0 Å². The second-order valence-corrected chi connectivity index (χ2v) is 7.63. The Morgan fingerprint density at radius 1 is 1.29 bits per heavy atom. The number of halogens is 1. The molecule has 0 unspecified atom stereocenters. The van der Waals surface area contributed by atoms with Crippen LogP contribution < -0.4 is 11.1 Å². The Hall–Kier alpha value is -1.27. The van der Waals surface area contributed by atoms with Crippen molar-refractivity contribution in [1.29, 1.82) is 0 Å². The molecule has 21 heavy (non-hydrogen) atoms. The summed E-state index contributed by atoms with van der Waals surface area (Å²) >= 11 is 5.77. The van der Waals surface area contributed by atoms with Gasteiger partial charge in [0.2, 0.25) is 5.91 Å². The number of hydrogen-bond acceptors (Lipinski definition) is 4. The van der Waals surface area contributed by atoms with Crippen LogP contribution in [-0.2, 0) is 14.6 Å². The minimum atomic E-state index is -3.05. The van der Waals surface area contributed by atoms with Crippen LogP contribution in [0.2, 0.25) is 5.02 Å². The minimum Gasteiger partial charge on any atom is -0.397 e. The first kappa shape index (κ1) is 17.8. The highest BCUT2D eigenvalue weighted by molar-refractivity contribution is 7.91. The van der Waals surface area contributed by atoms with Crippen LogP contribution in [0.4, 0.5) is 11.4 Å². The second-order valence-electron chi connectivity index (χ2n) is 4.89. The number of benzene rings is 1. The SMILES string of the molecule is CCCCS(=O)(=O)CCCC(=O)Nc1ccc(Cl)cc1N. The van der Waals surface area contributed by atoms with E-state index in [4.69, 9.17) is 17.3 Å². The van der Waals surface area contributed by atoms with Crippen LogP contribution >= 0.6 is 11.6 Å². The molecule has 0 spiro atoms. The van der Waals surface area contributed by atoms with Crippen LogP contribution in [0.1, 0.15) is 32.6 Å². The molecule has 0 atom stereocenters. The van der Waals surface area contributed by atoms with Gasteiger partial charge in [0.25, 0.3) is 0 Å². The van der Waals surface area contributed by atoms with Crippen LogP contribution in [0.15, 0.2) is 18.2 Å². The average molecular weight is 333 g/mol. The van der Waals surface area contributed by atoms with Crippen molar-refractivity contribution < 1.29 is 13.2 Å². The molecule has 3 N–H and O–H groups in total. The summed E-state index contributed by atoms with van der Waals surface area (Å²) in [4.78, 5) is 11.8. The van der Waals surface area contributed by atoms with Crippen molar-refractivity contribution in [3.63, 3.8) is 0 Å². The molecule has 0 aliphatic carbocycles. The van der Waals surface area contributed by atoms with Crippen molar-refractivity contribution >= 4 is 38.7 Å². The molecule has 0 saturated heterocycles. The summed E-state index contributed by atoms with van der Waals surface area (Å²) in [5.41, 5.74) is 6.59. The zero-order valence-electron chi connectivity index (χ0n) is 12.1. The average Bonchev–Trinajstić information content (AvgIpc) is 2.39. The maximum atomic E-state index is 11.8. The lowest BCUT2D eigenvalue weighted by Crippen LogP contribution is -2.16. The molecule has 1 aromatic carbocycles. The van der Waals surface area contributed by atoms with Crippen LogP contribution in [0.25, 0.3) is 0 Å². The summed E-state index contributed by atoms with van der Waals surface area (Å²) < 4.78 is 23.3. The molecule has 5 nitrogen and oxygen atoms in total. The smallest absolute Gasteiger partial charge is 0.224 e. The van der Waals surface area contributed by atoms with Crippen molar-refractivity contribution in [2.45, 2.75) is 32.6 Å². The van der Waals surface area contributed by atoms with Gasteiger partial charge in [0.05, 0.1) is 22.9 Å². The van der Waals surface area contributed by atoms with Crippen molar-refractivity contribution in [1.82, 2.24) is 0 Å². The number of amides is 1. The predicted octanol–water partition coefficient (Wildman–Crippen LogP) is 2.86. The van der Waals surface area contributed by atoms with Gasteiger partial charge >= 0.3 is 0 Å². The molecule has 118 valence electrons. The molecule has 1 aromatic rings. The van der Waals surface area contributed by atoms with E-state index in [0.717, 1.165) is 6.42 Å². The summed E-state index contributed by atoms with van der Waals surface area (Å²) in [6, 6.07) is 4.79. The number of rotatable bonds is 8. The van der Waals surface area contributed by atoms with E-state index in [1.54, 1.807) is 18.2 Å². The van der Waals surface area contributed by atoms with Gasteiger partial charge in [-0.05, 0) is 31.0 Å². The second kappa shape index (κ2) is 8.24. The number of sulfone groups is 1. The van der Waals surface area contributed by atoms with E-state index in [-0.39, 0.29) is 23.8 Å². The van der Waals surface area contributed by atoms with Crippen LogP contribution in [0.5, 0.6) is 0 Å². The molecule has 7 heteroatoms. The highest BCUT2D eigenvalue weighted by Gasteiger charge is 2.12. The van der Waals surface area contributed by atoms with Crippen LogP contribution in [-0.4, -0.2) is 25.8 Å². The molecule has 0 saturated carbocycles. The molecule has 1 amide bonds. The third kappa shape index (κ3) is 6.82. The molecular weight excluding hydrogens is 312 g/mol. The third-order valence-electron chi connectivity index (χ3n) is 2.96. The summed E-state index contributed by atoms with van der Waals surface area (Å²) in [5.74, 6) is -0.0269. The van der Waals surface area contributed by atoms with Gasteiger partial charge in [-0.1, -0.05) is 24.9 Å².